The summed E-state index contributed by atoms with van der Waals surface area (Å²) in [4.78, 5) is 17.6. The van der Waals surface area contributed by atoms with Crippen LogP contribution in [0.1, 0.15) is 10.4 Å². The number of rotatable bonds is 2. The van der Waals surface area contributed by atoms with Crippen molar-refractivity contribution in [2.75, 3.05) is 7.11 Å². The standard InChI is InChI=1S/C9H8N2O3/c1-14-7-3-2-6-8(11-7)5(4-10-6)9(12)13/h2-4,10H,1H3,(H,12,13). The Hall–Kier alpha value is -2.04. The molecule has 0 saturated carbocycles. The van der Waals surface area contributed by atoms with E-state index in [-0.39, 0.29) is 5.56 Å². The first-order valence-electron chi connectivity index (χ1n) is 3.98. The molecule has 0 aromatic carbocycles. The Morgan fingerprint density at radius 1 is 1.57 bits per heavy atom. The molecule has 0 saturated heterocycles. The third-order valence-electron chi connectivity index (χ3n) is 1.94. The summed E-state index contributed by atoms with van der Waals surface area (Å²) in [5.41, 5.74) is 1.25. The number of carboxylic acids is 1. The van der Waals surface area contributed by atoms with Crippen LogP contribution in [0.15, 0.2) is 18.3 Å². The number of H-pyrrole nitrogens is 1. The van der Waals surface area contributed by atoms with Crippen LogP contribution in [-0.2, 0) is 0 Å². The molecule has 2 aromatic rings. The molecule has 2 aromatic heterocycles. The number of nitrogens with one attached hydrogen (secondary N) is 1. The van der Waals surface area contributed by atoms with Crippen LogP contribution in [0.2, 0.25) is 0 Å². The lowest BCUT2D eigenvalue weighted by Gasteiger charge is -1.97. The Balaban J connectivity index is 2.69. The number of carboxylic acid groups (broad SMARTS) is 1. The SMILES string of the molecule is COc1ccc2[nH]cc(C(=O)O)c2n1. The first-order valence-corrected chi connectivity index (χ1v) is 3.98. The van der Waals surface area contributed by atoms with E-state index >= 15 is 0 Å². The molecule has 0 unspecified atom stereocenters. The van der Waals surface area contributed by atoms with Crippen molar-refractivity contribution >= 4 is 17.0 Å². The molecule has 0 aliphatic carbocycles. The molecule has 0 radical (unpaired) electrons. The average Bonchev–Trinajstić information content (AvgIpc) is 2.59. The Morgan fingerprint density at radius 2 is 2.36 bits per heavy atom. The van der Waals surface area contributed by atoms with Gasteiger partial charge in [-0.25, -0.2) is 9.78 Å². The topological polar surface area (TPSA) is 75.2 Å². The molecular weight excluding hydrogens is 184 g/mol. The Bertz CT molecular complexity index is 490. The van der Waals surface area contributed by atoms with Gasteiger partial charge in [-0.3, -0.25) is 0 Å². The number of hydrogen-bond acceptors (Lipinski definition) is 3. The molecule has 0 aliphatic rings. The molecule has 2 rings (SSSR count). The number of pyridine rings is 1. The summed E-state index contributed by atoms with van der Waals surface area (Å²) in [6.45, 7) is 0. The number of nitrogens with zero attached hydrogens (tertiary/aromatic N) is 1. The summed E-state index contributed by atoms with van der Waals surface area (Å²) in [6, 6.07) is 3.40. The van der Waals surface area contributed by atoms with Gasteiger partial charge in [-0.05, 0) is 6.07 Å². The van der Waals surface area contributed by atoms with Crippen molar-refractivity contribution in [2.24, 2.45) is 0 Å². The van der Waals surface area contributed by atoms with Gasteiger partial charge < -0.3 is 14.8 Å². The first kappa shape index (κ1) is 8.55. The second-order valence-corrected chi connectivity index (χ2v) is 2.76. The molecule has 0 spiro atoms. The van der Waals surface area contributed by atoms with Crippen molar-refractivity contribution in [1.82, 2.24) is 9.97 Å². The van der Waals surface area contributed by atoms with Gasteiger partial charge in [0.2, 0.25) is 5.88 Å². The largest absolute Gasteiger partial charge is 0.481 e. The number of aromatic amines is 1. The molecule has 0 bridgehead atoms. The van der Waals surface area contributed by atoms with Gasteiger partial charge in [0, 0.05) is 12.3 Å². The Morgan fingerprint density at radius 3 is 3.00 bits per heavy atom. The van der Waals surface area contributed by atoms with Crippen LogP contribution < -0.4 is 4.74 Å². The van der Waals surface area contributed by atoms with Crippen molar-refractivity contribution in [2.45, 2.75) is 0 Å². The van der Waals surface area contributed by atoms with E-state index in [2.05, 4.69) is 9.97 Å². The lowest BCUT2D eigenvalue weighted by Crippen LogP contribution is -1.95. The zero-order chi connectivity index (χ0) is 10.1. The van der Waals surface area contributed by atoms with Crippen molar-refractivity contribution in [3.63, 3.8) is 0 Å². The quantitative estimate of drug-likeness (QED) is 0.751. The summed E-state index contributed by atoms with van der Waals surface area (Å²) in [7, 11) is 1.49. The highest BCUT2D eigenvalue weighted by atomic mass is 16.5. The van der Waals surface area contributed by atoms with E-state index in [1.54, 1.807) is 12.1 Å². The van der Waals surface area contributed by atoms with Gasteiger partial charge in [0.1, 0.15) is 11.1 Å². The number of aromatic nitrogens is 2. The molecule has 72 valence electrons. The van der Waals surface area contributed by atoms with E-state index in [4.69, 9.17) is 9.84 Å². The molecule has 0 amide bonds. The molecule has 0 aliphatic heterocycles. The number of hydrogen-bond donors (Lipinski definition) is 2. The third kappa shape index (κ3) is 1.19. The van der Waals surface area contributed by atoms with Crippen LogP contribution in [0.25, 0.3) is 11.0 Å². The van der Waals surface area contributed by atoms with Crippen molar-refractivity contribution < 1.29 is 14.6 Å². The van der Waals surface area contributed by atoms with E-state index in [0.717, 1.165) is 0 Å². The Kier molecular flexibility index (Phi) is 1.85. The van der Waals surface area contributed by atoms with Gasteiger partial charge in [0.25, 0.3) is 0 Å². The molecule has 0 atom stereocenters. The lowest BCUT2D eigenvalue weighted by atomic mass is 10.3. The minimum Gasteiger partial charge on any atom is -0.481 e. The molecule has 0 fully saturated rings. The van der Waals surface area contributed by atoms with Gasteiger partial charge >= 0.3 is 5.97 Å². The van der Waals surface area contributed by atoms with Gasteiger partial charge in [0.05, 0.1) is 12.6 Å². The number of fused-ring (bicyclic) bond motifs is 1. The fraction of sp³-hybridized carbons (Fsp3) is 0.111. The number of aromatic carboxylic acids is 1. The molecule has 5 heteroatoms. The monoisotopic (exact) mass is 192 g/mol. The van der Waals surface area contributed by atoms with Gasteiger partial charge in [0.15, 0.2) is 0 Å². The summed E-state index contributed by atoms with van der Waals surface area (Å²) in [5.74, 6) is -0.600. The highest BCUT2D eigenvalue weighted by molar-refractivity contribution is 6.01. The summed E-state index contributed by atoms with van der Waals surface area (Å²) >= 11 is 0. The highest BCUT2D eigenvalue weighted by Gasteiger charge is 2.12. The summed E-state index contributed by atoms with van der Waals surface area (Å²) in [6.07, 6.45) is 1.42. The third-order valence-corrected chi connectivity index (χ3v) is 1.94. The van der Waals surface area contributed by atoms with Crippen molar-refractivity contribution in [3.8, 4) is 5.88 Å². The van der Waals surface area contributed by atoms with Crippen LogP contribution in [0, 0.1) is 0 Å². The summed E-state index contributed by atoms with van der Waals surface area (Å²) in [5, 5.41) is 8.83. The predicted octanol–water partition coefficient (Wildman–Crippen LogP) is 1.27. The minimum atomic E-state index is -1.00. The molecule has 5 nitrogen and oxygen atoms in total. The zero-order valence-corrected chi connectivity index (χ0v) is 7.44. The van der Waals surface area contributed by atoms with Crippen molar-refractivity contribution in [1.29, 1.82) is 0 Å². The maximum atomic E-state index is 10.8. The molecule has 14 heavy (non-hydrogen) atoms. The minimum absolute atomic E-state index is 0.152. The second kappa shape index (κ2) is 3.02. The van der Waals surface area contributed by atoms with E-state index < -0.39 is 5.97 Å². The number of ether oxygens (including phenoxy) is 1. The van der Waals surface area contributed by atoms with Crippen LogP contribution >= 0.6 is 0 Å². The maximum Gasteiger partial charge on any atom is 0.339 e. The highest BCUT2D eigenvalue weighted by Crippen LogP contribution is 2.19. The van der Waals surface area contributed by atoms with Crippen LogP contribution in [-0.4, -0.2) is 28.2 Å². The lowest BCUT2D eigenvalue weighted by molar-refractivity contribution is 0.0699. The fourth-order valence-corrected chi connectivity index (χ4v) is 1.26. The second-order valence-electron chi connectivity index (χ2n) is 2.76. The Labute approximate surface area is 79.3 Å². The van der Waals surface area contributed by atoms with Gasteiger partial charge in [-0.1, -0.05) is 0 Å². The van der Waals surface area contributed by atoms with Crippen molar-refractivity contribution in [3.05, 3.63) is 23.9 Å². The predicted molar refractivity (Wildman–Crippen MR) is 49.6 cm³/mol. The van der Waals surface area contributed by atoms with E-state index in [1.807, 2.05) is 0 Å². The fourth-order valence-electron chi connectivity index (χ4n) is 1.26. The molecular formula is C9H8N2O3. The molecule has 2 heterocycles. The smallest absolute Gasteiger partial charge is 0.339 e. The maximum absolute atomic E-state index is 10.8. The summed E-state index contributed by atoms with van der Waals surface area (Å²) < 4.78 is 4.91. The van der Waals surface area contributed by atoms with Crippen LogP contribution in [0.3, 0.4) is 0 Å². The van der Waals surface area contributed by atoms with E-state index in [9.17, 15) is 4.79 Å². The van der Waals surface area contributed by atoms with Gasteiger partial charge in [-0.15, -0.1) is 0 Å². The molecule has 2 N–H and O–H groups in total. The van der Waals surface area contributed by atoms with Crippen LogP contribution in [0.5, 0.6) is 5.88 Å². The number of methoxy groups -OCH3 is 1. The van der Waals surface area contributed by atoms with Gasteiger partial charge in [-0.2, -0.15) is 0 Å². The average molecular weight is 192 g/mol. The van der Waals surface area contributed by atoms with Crippen LogP contribution in [0.4, 0.5) is 0 Å². The van der Waals surface area contributed by atoms with E-state index in [1.165, 1.54) is 13.3 Å². The van der Waals surface area contributed by atoms with E-state index in [0.29, 0.717) is 16.9 Å². The number of carbonyl (C=O) groups is 1. The first-order chi connectivity index (χ1) is 6.72. The normalized spacial score (nSPS) is 10.4. The zero-order valence-electron chi connectivity index (χ0n) is 7.44.